The van der Waals surface area contributed by atoms with Gasteiger partial charge in [-0.05, 0) is 17.7 Å². The number of aliphatic hydroxyl groups is 1. The molecule has 0 spiro atoms. The van der Waals surface area contributed by atoms with Gasteiger partial charge in [0.25, 0.3) is 5.56 Å². The molecule has 86 valence electrons. The second kappa shape index (κ2) is 3.58. The van der Waals surface area contributed by atoms with Crippen LogP contribution in [0.4, 0.5) is 0 Å². The van der Waals surface area contributed by atoms with Gasteiger partial charge in [-0.15, -0.1) is 0 Å². The molecule has 0 atom stereocenters. The van der Waals surface area contributed by atoms with Crippen molar-refractivity contribution in [1.82, 2.24) is 14.6 Å². The first-order chi connectivity index (χ1) is 8.22. The first kappa shape index (κ1) is 10.3. The van der Waals surface area contributed by atoms with Gasteiger partial charge >= 0.3 is 0 Å². The van der Waals surface area contributed by atoms with E-state index in [4.69, 9.17) is 16.7 Å². The maximum absolute atomic E-state index is 11.8. The number of aromatic nitrogens is 3. The summed E-state index contributed by atoms with van der Waals surface area (Å²) in [4.78, 5) is 14.5. The summed E-state index contributed by atoms with van der Waals surface area (Å²) >= 11 is 6.11. The minimum atomic E-state index is -0.257. The van der Waals surface area contributed by atoms with Gasteiger partial charge in [-0.25, -0.2) is 4.52 Å². The molecule has 6 heteroatoms. The average Bonchev–Trinajstić information content (AvgIpc) is 2.81. The first-order valence-electron chi connectivity index (χ1n) is 5.00. The zero-order valence-corrected chi connectivity index (χ0v) is 9.40. The number of aromatic amines is 1. The van der Waals surface area contributed by atoms with Crippen molar-refractivity contribution < 1.29 is 5.11 Å². The molecular weight excluding hydrogens is 242 g/mol. The molecule has 0 amide bonds. The van der Waals surface area contributed by atoms with E-state index in [9.17, 15) is 4.79 Å². The summed E-state index contributed by atoms with van der Waals surface area (Å²) in [6, 6.07) is 5.11. The maximum atomic E-state index is 11.8. The van der Waals surface area contributed by atoms with Crippen LogP contribution in [0.3, 0.4) is 0 Å². The number of benzene rings is 1. The van der Waals surface area contributed by atoms with Crippen LogP contribution in [0.15, 0.2) is 29.2 Å². The summed E-state index contributed by atoms with van der Waals surface area (Å²) in [5, 5.41) is 13.5. The summed E-state index contributed by atoms with van der Waals surface area (Å²) in [6.07, 6.45) is 1.55. The van der Waals surface area contributed by atoms with Crippen molar-refractivity contribution in [2.45, 2.75) is 6.61 Å². The summed E-state index contributed by atoms with van der Waals surface area (Å²) in [5.74, 6) is 0. The third kappa shape index (κ3) is 1.36. The molecule has 5 nitrogen and oxygen atoms in total. The fraction of sp³-hybridized carbons (Fsp3) is 0.0909. The molecule has 1 aromatic carbocycles. The number of rotatable bonds is 1. The van der Waals surface area contributed by atoms with Crippen LogP contribution < -0.4 is 5.56 Å². The third-order valence-electron chi connectivity index (χ3n) is 2.71. The number of nitrogens with one attached hydrogen (secondary N) is 1. The molecule has 2 heterocycles. The molecule has 0 saturated heterocycles. The number of fused-ring (bicyclic) bond motifs is 3. The lowest BCUT2D eigenvalue weighted by atomic mass is 10.2. The largest absolute Gasteiger partial charge is 0.392 e. The second-order valence-corrected chi connectivity index (χ2v) is 4.05. The second-order valence-electron chi connectivity index (χ2n) is 3.67. The minimum absolute atomic E-state index is 0.173. The van der Waals surface area contributed by atoms with Crippen LogP contribution in [0.2, 0.25) is 5.02 Å². The Morgan fingerprint density at radius 2 is 2.18 bits per heavy atom. The summed E-state index contributed by atoms with van der Waals surface area (Å²) in [6.45, 7) is -0.173. The Balaban J connectivity index is 2.58. The van der Waals surface area contributed by atoms with Gasteiger partial charge in [0, 0.05) is 0 Å². The lowest BCUT2D eigenvalue weighted by molar-refractivity contribution is 0.282. The summed E-state index contributed by atoms with van der Waals surface area (Å²) < 4.78 is 1.53. The summed E-state index contributed by atoms with van der Waals surface area (Å²) in [5.41, 5.74) is 1.96. The van der Waals surface area contributed by atoms with Crippen molar-refractivity contribution in [2.24, 2.45) is 0 Å². The Kier molecular flexibility index (Phi) is 2.17. The molecule has 0 aliphatic heterocycles. The first-order valence-corrected chi connectivity index (χ1v) is 5.38. The summed E-state index contributed by atoms with van der Waals surface area (Å²) in [7, 11) is 0. The zero-order valence-electron chi connectivity index (χ0n) is 8.64. The minimum Gasteiger partial charge on any atom is -0.392 e. The van der Waals surface area contributed by atoms with E-state index in [1.54, 1.807) is 24.4 Å². The van der Waals surface area contributed by atoms with E-state index in [2.05, 4.69) is 10.1 Å². The molecule has 3 rings (SSSR count). The Bertz CT molecular complexity index is 775. The van der Waals surface area contributed by atoms with Gasteiger partial charge in [-0.2, -0.15) is 5.10 Å². The third-order valence-corrected chi connectivity index (χ3v) is 3.14. The van der Waals surface area contributed by atoms with E-state index in [1.165, 1.54) is 4.52 Å². The van der Waals surface area contributed by atoms with Crippen molar-refractivity contribution in [1.29, 1.82) is 0 Å². The van der Waals surface area contributed by atoms with Crippen molar-refractivity contribution in [3.8, 4) is 0 Å². The smallest absolute Gasteiger partial charge is 0.274 e. The number of aliphatic hydroxyl groups excluding tert-OH is 1. The van der Waals surface area contributed by atoms with Gasteiger partial charge < -0.3 is 10.1 Å². The molecule has 0 unspecified atom stereocenters. The Hall–Kier alpha value is -1.85. The highest BCUT2D eigenvalue weighted by atomic mass is 35.5. The molecule has 0 saturated carbocycles. The van der Waals surface area contributed by atoms with Crippen molar-refractivity contribution in [3.05, 3.63) is 45.3 Å². The van der Waals surface area contributed by atoms with Crippen LogP contribution in [0.25, 0.3) is 16.6 Å². The van der Waals surface area contributed by atoms with Gasteiger partial charge in [0.15, 0.2) is 0 Å². The monoisotopic (exact) mass is 249 g/mol. The Morgan fingerprint density at radius 1 is 1.35 bits per heavy atom. The van der Waals surface area contributed by atoms with Gasteiger partial charge in [0.05, 0.1) is 28.9 Å². The van der Waals surface area contributed by atoms with Crippen molar-refractivity contribution in [3.63, 3.8) is 0 Å². The van der Waals surface area contributed by atoms with Gasteiger partial charge in [-0.1, -0.05) is 17.7 Å². The number of hydrogen-bond donors (Lipinski definition) is 2. The van der Waals surface area contributed by atoms with Crippen molar-refractivity contribution in [2.75, 3.05) is 0 Å². The van der Waals surface area contributed by atoms with Crippen LogP contribution in [0.5, 0.6) is 0 Å². The zero-order chi connectivity index (χ0) is 12.0. The van der Waals surface area contributed by atoms with E-state index in [1.807, 2.05) is 0 Å². The molecule has 0 bridgehead atoms. The number of hydrogen-bond acceptors (Lipinski definition) is 3. The molecule has 0 fully saturated rings. The molecular formula is C11H8ClN3O2. The number of nitrogens with zero attached hydrogens (tertiary/aromatic N) is 2. The van der Waals surface area contributed by atoms with E-state index in [0.29, 0.717) is 27.1 Å². The van der Waals surface area contributed by atoms with Gasteiger partial charge in [0.2, 0.25) is 0 Å². The quantitative estimate of drug-likeness (QED) is 0.683. The highest BCUT2D eigenvalue weighted by Gasteiger charge is 2.10. The van der Waals surface area contributed by atoms with Crippen LogP contribution in [0.1, 0.15) is 5.56 Å². The molecule has 17 heavy (non-hydrogen) atoms. The molecule has 2 aromatic heterocycles. The van der Waals surface area contributed by atoms with E-state index >= 15 is 0 Å². The van der Waals surface area contributed by atoms with Crippen LogP contribution in [0, 0.1) is 0 Å². The predicted octanol–water partition coefficient (Wildman–Crippen LogP) is 1.32. The predicted molar refractivity (Wildman–Crippen MR) is 64.3 cm³/mol. The number of H-pyrrole nitrogens is 1. The van der Waals surface area contributed by atoms with Gasteiger partial charge in [0.1, 0.15) is 5.52 Å². The highest BCUT2D eigenvalue weighted by molar-refractivity contribution is 6.35. The Morgan fingerprint density at radius 3 is 2.94 bits per heavy atom. The molecule has 3 aromatic rings. The SMILES string of the molecule is O=c1[nH]c2c(Cl)c(CO)ccc2n2nccc12. The molecule has 0 aliphatic carbocycles. The lowest BCUT2D eigenvalue weighted by Gasteiger charge is -2.06. The average molecular weight is 250 g/mol. The topological polar surface area (TPSA) is 70.4 Å². The fourth-order valence-electron chi connectivity index (χ4n) is 1.87. The maximum Gasteiger partial charge on any atom is 0.274 e. The molecule has 0 radical (unpaired) electrons. The molecule has 2 N–H and O–H groups in total. The van der Waals surface area contributed by atoms with Crippen LogP contribution in [-0.2, 0) is 6.61 Å². The van der Waals surface area contributed by atoms with E-state index in [0.717, 1.165) is 0 Å². The standard InChI is InChI=1S/C11H8ClN3O2/c12-9-6(5-16)1-2-7-10(9)14-11(17)8-3-4-13-15(7)8/h1-4,16H,5H2,(H,14,17). The molecule has 0 aliphatic rings. The normalized spacial score (nSPS) is 11.4. The van der Waals surface area contributed by atoms with Crippen LogP contribution >= 0.6 is 11.6 Å². The Labute approximate surface area is 100 Å². The lowest BCUT2D eigenvalue weighted by Crippen LogP contribution is -2.11. The number of halogens is 1. The van der Waals surface area contributed by atoms with Crippen LogP contribution in [-0.4, -0.2) is 19.7 Å². The van der Waals surface area contributed by atoms with E-state index in [-0.39, 0.29) is 12.2 Å². The van der Waals surface area contributed by atoms with Crippen molar-refractivity contribution >= 4 is 28.2 Å². The van der Waals surface area contributed by atoms with E-state index < -0.39 is 0 Å². The highest BCUT2D eigenvalue weighted by Crippen LogP contribution is 2.25. The fourth-order valence-corrected chi connectivity index (χ4v) is 2.14. The van der Waals surface area contributed by atoms with Gasteiger partial charge in [-0.3, -0.25) is 4.79 Å².